The summed E-state index contributed by atoms with van der Waals surface area (Å²) in [5, 5.41) is 0. The van der Waals surface area contributed by atoms with Gasteiger partial charge in [0.05, 0.1) is 17.4 Å². The average molecular weight is 397 g/mol. The molecule has 1 aromatic carbocycles. The Morgan fingerprint density at radius 1 is 1.24 bits per heavy atom. The Kier molecular flexibility index (Phi) is 7.22. The highest BCUT2D eigenvalue weighted by Crippen LogP contribution is 2.37. The number of hydrogen-bond donors (Lipinski definition) is 2. The summed E-state index contributed by atoms with van der Waals surface area (Å²) >= 11 is 0. The van der Waals surface area contributed by atoms with Crippen LogP contribution < -0.4 is 16.0 Å². The summed E-state index contributed by atoms with van der Waals surface area (Å²) in [5.41, 5.74) is 5.00. The van der Waals surface area contributed by atoms with Gasteiger partial charge in [0.1, 0.15) is 5.75 Å². The second-order valence-electron chi connectivity index (χ2n) is 7.76. The highest BCUT2D eigenvalue weighted by molar-refractivity contribution is 5.80. The zero-order valence-electron chi connectivity index (χ0n) is 16.8. The van der Waals surface area contributed by atoms with Crippen molar-refractivity contribution in [2.24, 2.45) is 11.8 Å². The number of carbonyl (C=O) groups is 1. The fourth-order valence-electron chi connectivity index (χ4n) is 3.92. The van der Waals surface area contributed by atoms with Crippen LogP contribution in [0.1, 0.15) is 56.1 Å². The molecule has 2 saturated carbocycles. The number of nitrogens with zero attached hydrogens (tertiary/aromatic N) is 1. The maximum Gasteiger partial charge on any atom is 0.286 e. The third kappa shape index (κ3) is 5.79. The van der Waals surface area contributed by atoms with E-state index in [9.17, 15) is 9.70 Å². The van der Waals surface area contributed by atoms with Gasteiger partial charge < -0.3 is 4.74 Å². The van der Waals surface area contributed by atoms with Crippen LogP contribution in [0.2, 0.25) is 0 Å². The Morgan fingerprint density at radius 3 is 2.62 bits per heavy atom. The normalized spacial score (nSPS) is 17.9. The van der Waals surface area contributed by atoms with Crippen molar-refractivity contribution < 1.29 is 14.5 Å². The molecule has 2 aliphatic rings. The fraction of sp³-hybridized carbons (Fsp3) is 0.435. The van der Waals surface area contributed by atoms with Gasteiger partial charge in [0.15, 0.2) is 0 Å². The van der Waals surface area contributed by atoms with E-state index in [0.29, 0.717) is 5.92 Å². The van der Waals surface area contributed by atoms with Gasteiger partial charge >= 0.3 is 0 Å². The van der Waals surface area contributed by atoms with Gasteiger partial charge in [-0.05, 0) is 67.7 Å². The van der Waals surface area contributed by atoms with E-state index in [1.165, 1.54) is 24.8 Å². The lowest BCUT2D eigenvalue weighted by Crippen LogP contribution is -2.38. The zero-order valence-corrected chi connectivity index (χ0v) is 16.8. The molecule has 6 heteroatoms. The third-order valence-corrected chi connectivity index (χ3v) is 5.65. The molecule has 3 N–H and O–H groups in total. The first-order chi connectivity index (χ1) is 14.1. The predicted octanol–water partition coefficient (Wildman–Crippen LogP) is 4.16. The van der Waals surface area contributed by atoms with E-state index in [1.807, 2.05) is 24.3 Å². The number of hydrogen-bond acceptors (Lipinski definition) is 3. The lowest BCUT2D eigenvalue weighted by molar-refractivity contribution is -0.605. The summed E-state index contributed by atoms with van der Waals surface area (Å²) < 4.78 is 6.33. The van der Waals surface area contributed by atoms with Crippen LogP contribution in [0.25, 0.3) is 6.08 Å². The molecule has 2 aliphatic carbocycles. The van der Waals surface area contributed by atoms with Crippen LogP contribution in [0.4, 0.5) is 0 Å². The summed E-state index contributed by atoms with van der Waals surface area (Å²) in [7, 11) is 0. The molecule has 0 bridgehead atoms. The second kappa shape index (κ2) is 10.0. The maximum absolute atomic E-state index is 12.2. The van der Waals surface area contributed by atoms with E-state index < -0.39 is 5.91 Å². The minimum atomic E-state index is -0.456. The molecule has 1 aromatic rings. The van der Waals surface area contributed by atoms with Crippen LogP contribution >= 0.6 is 0 Å². The molecule has 0 aromatic heterocycles. The standard InChI is InChI=1S/C23H29N3O3/c1-2-3-8-18(17-9-6-10-17)15-21-19(16-23(27)25-26(24)28)11-7-14-22(21)29-20-12-4-5-13-20/h2-3,7-8,11,14-15,17,20H,1,4-6,9-10,12-13,16H2,(H2-,24,25,27,28)/p+1/b8-3-,18-15-. The number of nitrogens with two attached hydrogens (primary N) is 1. The van der Waals surface area contributed by atoms with E-state index in [-0.39, 0.29) is 17.5 Å². The quantitative estimate of drug-likeness (QED) is 0.284. The number of amides is 1. The highest BCUT2D eigenvalue weighted by Gasteiger charge is 2.23. The minimum absolute atomic E-state index is 0.0484. The van der Waals surface area contributed by atoms with Gasteiger partial charge in [-0.3, -0.25) is 4.79 Å². The van der Waals surface area contributed by atoms with Crippen LogP contribution in [0, 0.1) is 10.8 Å². The Morgan fingerprint density at radius 2 is 2.00 bits per heavy atom. The van der Waals surface area contributed by atoms with Crippen molar-refractivity contribution in [3.63, 3.8) is 0 Å². The third-order valence-electron chi connectivity index (χ3n) is 5.65. The molecule has 1 amide bonds. The van der Waals surface area contributed by atoms with Gasteiger partial charge in [-0.2, -0.15) is 0 Å². The first-order valence-corrected chi connectivity index (χ1v) is 10.4. The number of nitroso groups, excluding NO2 is 1. The molecular weight excluding hydrogens is 366 g/mol. The fourth-order valence-corrected chi connectivity index (χ4v) is 3.92. The lowest BCUT2D eigenvalue weighted by atomic mass is 9.78. The summed E-state index contributed by atoms with van der Waals surface area (Å²) in [5.74, 6) is 5.86. The predicted molar refractivity (Wildman–Crippen MR) is 114 cm³/mol. The molecule has 0 atom stereocenters. The summed E-state index contributed by atoms with van der Waals surface area (Å²) in [6.07, 6.45) is 16.2. The summed E-state index contributed by atoms with van der Waals surface area (Å²) in [4.78, 5) is 23.1. The molecule has 0 spiro atoms. The van der Waals surface area contributed by atoms with Crippen molar-refractivity contribution in [1.29, 1.82) is 0 Å². The molecule has 0 radical (unpaired) electrons. The highest BCUT2D eigenvalue weighted by atomic mass is 16.5. The summed E-state index contributed by atoms with van der Waals surface area (Å²) in [6.45, 7) is 3.78. The Hall–Kier alpha value is -2.89. The monoisotopic (exact) mass is 396 g/mol. The van der Waals surface area contributed by atoms with Gasteiger partial charge in [-0.25, -0.2) is 0 Å². The van der Waals surface area contributed by atoms with Crippen LogP contribution in [0.5, 0.6) is 5.75 Å². The number of ether oxygens (including phenoxy) is 1. The maximum atomic E-state index is 12.2. The number of nitrogens with one attached hydrogen (secondary N) is 1. The van der Waals surface area contributed by atoms with Gasteiger partial charge in [0.25, 0.3) is 10.9 Å². The second-order valence-corrected chi connectivity index (χ2v) is 7.76. The Labute approximate surface area is 172 Å². The summed E-state index contributed by atoms with van der Waals surface area (Å²) in [6, 6.07) is 5.75. The van der Waals surface area contributed by atoms with E-state index in [2.05, 4.69) is 24.2 Å². The first kappa shape index (κ1) is 20.8. The van der Waals surface area contributed by atoms with Crippen LogP contribution in [-0.4, -0.2) is 17.0 Å². The van der Waals surface area contributed by atoms with Crippen molar-refractivity contribution in [1.82, 2.24) is 5.43 Å². The first-order valence-electron chi connectivity index (χ1n) is 10.4. The van der Waals surface area contributed by atoms with Gasteiger partial charge in [0.2, 0.25) is 0 Å². The van der Waals surface area contributed by atoms with Crippen LogP contribution in [0.15, 0.2) is 48.6 Å². The largest absolute Gasteiger partial charge is 0.490 e. The van der Waals surface area contributed by atoms with Crippen molar-refractivity contribution in [3.8, 4) is 5.75 Å². The van der Waals surface area contributed by atoms with Crippen molar-refractivity contribution in [3.05, 3.63) is 64.6 Å². The smallest absolute Gasteiger partial charge is 0.286 e. The SMILES string of the molecule is C=C/C=C\C(=C\c1c(CC(=O)N[N+](N)=O)cccc1OC1CCCC1)C1CCC1. The zero-order chi connectivity index (χ0) is 20.6. The van der Waals surface area contributed by atoms with Crippen molar-refractivity contribution in [2.75, 3.05) is 0 Å². The van der Waals surface area contributed by atoms with Gasteiger partial charge in [-0.15, -0.1) is 5.84 Å². The molecule has 154 valence electrons. The van der Waals surface area contributed by atoms with E-state index in [1.54, 1.807) is 6.08 Å². The number of carbonyl (C=O) groups excluding carboxylic acids is 1. The number of benzene rings is 1. The van der Waals surface area contributed by atoms with E-state index >= 15 is 0 Å². The lowest BCUT2D eigenvalue weighted by Gasteiger charge is -2.27. The van der Waals surface area contributed by atoms with Crippen molar-refractivity contribution >= 4 is 12.0 Å². The van der Waals surface area contributed by atoms with Gasteiger partial charge in [0, 0.05) is 5.56 Å². The number of rotatable bonds is 9. The Bertz CT molecular complexity index is 819. The van der Waals surface area contributed by atoms with Gasteiger partial charge in [-0.1, -0.05) is 48.8 Å². The molecule has 29 heavy (non-hydrogen) atoms. The van der Waals surface area contributed by atoms with Crippen LogP contribution in [-0.2, 0) is 11.2 Å². The number of hydrazine groups is 2. The molecule has 0 aliphatic heterocycles. The van der Waals surface area contributed by atoms with E-state index in [4.69, 9.17) is 10.6 Å². The molecule has 3 rings (SSSR count). The number of allylic oxidation sites excluding steroid dienone is 4. The molecule has 0 heterocycles. The molecule has 0 unspecified atom stereocenters. The van der Waals surface area contributed by atoms with Crippen LogP contribution in [0.3, 0.4) is 0 Å². The van der Waals surface area contributed by atoms with E-state index in [0.717, 1.165) is 42.6 Å². The molecular formula is C23H30N3O3+. The molecule has 0 saturated heterocycles. The van der Waals surface area contributed by atoms with Crippen molar-refractivity contribution in [2.45, 2.75) is 57.5 Å². The topological polar surface area (TPSA) is 84.4 Å². The molecule has 6 nitrogen and oxygen atoms in total. The molecule has 2 fully saturated rings. The average Bonchev–Trinajstić information content (AvgIpc) is 3.13. The minimum Gasteiger partial charge on any atom is -0.490 e. The Balaban J connectivity index is 1.97.